The van der Waals surface area contributed by atoms with Gasteiger partial charge in [0.2, 0.25) is 0 Å². The SMILES string of the molecule is COc1ccccc1CCNc1cc(C(=O)Nc2cc(C)on2)ccn1. The Balaban J connectivity index is 1.59. The van der Waals surface area contributed by atoms with Crippen molar-refractivity contribution in [3.8, 4) is 5.75 Å². The van der Waals surface area contributed by atoms with E-state index in [1.54, 1.807) is 38.4 Å². The van der Waals surface area contributed by atoms with Gasteiger partial charge < -0.3 is 19.9 Å². The molecular formula is C19H20N4O3. The molecule has 0 saturated heterocycles. The lowest BCUT2D eigenvalue weighted by atomic mass is 10.1. The number of nitrogens with one attached hydrogen (secondary N) is 2. The van der Waals surface area contributed by atoms with Crippen molar-refractivity contribution in [1.29, 1.82) is 0 Å². The highest BCUT2D eigenvalue weighted by Gasteiger charge is 2.10. The number of nitrogens with zero attached hydrogens (tertiary/aromatic N) is 2. The smallest absolute Gasteiger partial charge is 0.257 e. The van der Waals surface area contributed by atoms with Crippen LogP contribution in [0.4, 0.5) is 11.6 Å². The Morgan fingerprint density at radius 2 is 2.04 bits per heavy atom. The summed E-state index contributed by atoms with van der Waals surface area (Å²) in [6.07, 6.45) is 2.37. The molecule has 3 aromatic rings. The molecule has 2 heterocycles. The number of hydrogen-bond acceptors (Lipinski definition) is 6. The Labute approximate surface area is 151 Å². The summed E-state index contributed by atoms with van der Waals surface area (Å²) in [4.78, 5) is 16.5. The highest BCUT2D eigenvalue weighted by atomic mass is 16.5. The van der Waals surface area contributed by atoms with Crippen LogP contribution >= 0.6 is 0 Å². The van der Waals surface area contributed by atoms with Crippen molar-refractivity contribution < 1.29 is 14.1 Å². The molecular weight excluding hydrogens is 332 g/mol. The number of pyridine rings is 1. The average molecular weight is 352 g/mol. The van der Waals surface area contributed by atoms with Gasteiger partial charge in [-0.3, -0.25) is 4.79 Å². The van der Waals surface area contributed by atoms with Crippen molar-refractivity contribution in [3.63, 3.8) is 0 Å². The molecule has 1 amide bonds. The third kappa shape index (κ3) is 4.38. The molecule has 0 aliphatic rings. The lowest BCUT2D eigenvalue weighted by Gasteiger charge is -2.10. The number of benzene rings is 1. The summed E-state index contributed by atoms with van der Waals surface area (Å²) in [6, 6.07) is 12.9. The molecule has 0 fully saturated rings. The van der Waals surface area contributed by atoms with Crippen molar-refractivity contribution in [1.82, 2.24) is 10.1 Å². The van der Waals surface area contributed by atoms with Crippen LogP contribution < -0.4 is 15.4 Å². The fourth-order valence-electron chi connectivity index (χ4n) is 2.52. The van der Waals surface area contributed by atoms with Gasteiger partial charge in [-0.25, -0.2) is 4.98 Å². The van der Waals surface area contributed by atoms with Gasteiger partial charge in [0.25, 0.3) is 5.91 Å². The number of aryl methyl sites for hydroxylation is 1. The average Bonchev–Trinajstić information content (AvgIpc) is 3.07. The molecule has 0 spiro atoms. The molecule has 0 radical (unpaired) electrons. The first kappa shape index (κ1) is 17.5. The number of hydrogen-bond donors (Lipinski definition) is 2. The molecule has 2 aromatic heterocycles. The first-order chi connectivity index (χ1) is 12.7. The summed E-state index contributed by atoms with van der Waals surface area (Å²) in [5.41, 5.74) is 1.60. The van der Waals surface area contributed by atoms with E-state index in [0.29, 0.717) is 29.5 Å². The van der Waals surface area contributed by atoms with Crippen LogP contribution in [0.2, 0.25) is 0 Å². The van der Waals surface area contributed by atoms with Crippen LogP contribution in [0.5, 0.6) is 5.75 Å². The molecule has 0 aliphatic heterocycles. The number of carbonyl (C=O) groups excluding carboxylic acids is 1. The van der Waals surface area contributed by atoms with Gasteiger partial charge in [0, 0.05) is 24.4 Å². The van der Waals surface area contributed by atoms with Crippen LogP contribution in [0.25, 0.3) is 0 Å². The molecule has 0 aliphatic carbocycles. The van der Waals surface area contributed by atoms with Gasteiger partial charge >= 0.3 is 0 Å². The lowest BCUT2D eigenvalue weighted by Crippen LogP contribution is -2.13. The highest BCUT2D eigenvalue weighted by Crippen LogP contribution is 2.18. The van der Waals surface area contributed by atoms with Crippen LogP contribution in [-0.4, -0.2) is 29.7 Å². The zero-order chi connectivity index (χ0) is 18.4. The highest BCUT2D eigenvalue weighted by molar-refractivity contribution is 6.04. The second kappa shape index (κ2) is 8.15. The van der Waals surface area contributed by atoms with E-state index in [4.69, 9.17) is 9.26 Å². The molecule has 0 saturated carbocycles. The summed E-state index contributed by atoms with van der Waals surface area (Å²) in [6.45, 7) is 2.43. The molecule has 1 aromatic carbocycles. The Hall–Kier alpha value is -3.35. The maximum atomic E-state index is 12.3. The summed E-state index contributed by atoms with van der Waals surface area (Å²) >= 11 is 0. The van der Waals surface area contributed by atoms with Gasteiger partial charge in [0.15, 0.2) is 5.82 Å². The van der Waals surface area contributed by atoms with Crippen molar-refractivity contribution in [3.05, 3.63) is 65.5 Å². The van der Waals surface area contributed by atoms with Crippen molar-refractivity contribution >= 4 is 17.5 Å². The van der Waals surface area contributed by atoms with Crippen molar-refractivity contribution in [2.45, 2.75) is 13.3 Å². The monoisotopic (exact) mass is 352 g/mol. The Morgan fingerprint density at radius 1 is 1.19 bits per heavy atom. The minimum Gasteiger partial charge on any atom is -0.496 e. The Kier molecular flexibility index (Phi) is 5.48. The van der Waals surface area contributed by atoms with Crippen LogP contribution in [0, 0.1) is 6.92 Å². The topological polar surface area (TPSA) is 89.3 Å². The van der Waals surface area contributed by atoms with E-state index in [1.165, 1.54) is 0 Å². The number of para-hydroxylation sites is 1. The van der Waals surface area contributed by atoms with Crippen molar-refractivity contribution in [2.75, 3.05) is 24.3 Å². The number of methoxy groups -OCH3 is 1. The van der Waals surface area contributed by atoms with Gasteiger partial charge in [0.1, 0.15) is 17.3 Å². The number of amides is 1. The molecule has 7 nitrogen and oxygen atoms in total. The normalized spacial score (nSPS) is 10.4. The zero-order valence-electron chi connectivity index (χ0n) is 14.7. The van der Waals surface area contributed by atoms with Crippen molar-refractivity contribution in [2.24, 2.45) is 0 Å². The number of anilines is 2. The predicted octanol–water partition coefficient (Wildman–Crippen LogP) is 3.29. The van der Waals surface area contributed by atoms with E-state index < -0.39 is 0 Å². The van der Waals surface area contributed by atoms with E-state index >= 15 is 0 Å². The first-order valence-corrected chi connectivity index (χ1v) is 8.22. The number of aromatic nitrogens is 2. The van der Waals surface area contributed by atoms with Gasteiger partial charge in [-0.05, 0) is 37.1 Å². The zero-order valence-corrected chi connectivity index (χ0v) is 14.7. The molecule has 134 valence electrons. The van der Waals surface area contributed by atoms with E-state index in [1.807, 2.05) is 24.3 Å². The van der Waals surface area contributed by atoms with Crippen LogP contribution in [0.1, 0.15) is 21.7 Å². The maximum Gasteiger partial charge on any atom is 0.257 e. The summed E-state index contributed by atoms with van der Waals surface area (Å²) < 4.78 is 10.3. The van der Waals surface area contributed by atoms with E-state index in [0.717, 1.165) is 17.7 Å². The van der Waals surface area contributed by atoms with Gasteiger partial charge in [-0.2, -0.15) is 0 Å². The fourth-order valence-corrected chi connectivity index (χ4v) is 2.52. The predicted molar refractivity (Wildman–Crippen MR) is 98.6 cm³/mol. The molecule has 7 heteroatoms. The molecule has 3 rings (SSSR count). The number of carbonyl (C=O) groups is 1. The molecule has 0 unspecified atom stereocenters. The maximum absolute atomic E-state index is 12.3. The quantitative estimate of drug-likeness (QED) is 0.678. The third-order valence-electron chi connectivity index (χ3n) is 3.78. The Bertz CT molecular complexity index is 892. The molecule has 0 atom stereocenters. The van der Waals surface area contributed by atoms with E-state index in [2.05, 4.69) is 20.8 Å². The van der Waals surface area contributed by atoms with Gasteiger partial charge in [-0.15, -0.1) is 0 Å². The number of rotatable bonds is 7. The fraction of sp³-hybridized carbons (Fsp3) is 0.211. The lowest BCUT2D eigenvalue weighted by molar-refractivity contribution is 0.102. The third-order valence-corrected chi connectivity index (χ3v) is 3.78. The summed E-state index contributed by atoms with van der Waals surface area (Å²) in [5, 5.41) is 9.67. The summed E-state index contributed by atoms with van der Waals surface area (Å²) in [7, 11) is 1.66. The summed E-state index contributed by atoms with van der Waals surface area (Å²) in [5.74, 6) is 2.24. The second-order valence-corrected chi connectivity index (χ2v) is 5.70. The van der Waals surface area contributed by atoms with Gasteiger partial charge in [0.05, 0.1) is 7.11 Å². The Morgan fingerprint density at radius 3 is 2.81 bits per heavy atom. The molecule has 0 bridgehead atoms. The minimum atomic E-state index is -0.270. The minimum absolute atomic E-state index is 0.270. The van der Waals surface area contributed by atoms with Gasteiger partial charge in [-0.1, -0.05) is 23.4 Å². The standard InChI is InChI=1S/C19H20N4O3/c1-13-11-18(23-26-13)22-19(24)15-8-10-21-17(12-15)20-9-7-14-5-3-4-6-16(14)25-2/h3-6,8,10-12H,7,9H2,1-2H3,(H,20,21)(H,22,23,24). The number of ether oxygens (including phenoxy) is 1. The molecule has 2 N–H and O–H groups in total. The van der Waals surface area contributed by atoms with Crippen LogP contribution in [0.15, 0.2) is 53.2 Å². The second-order valence-electron chi connectivity index (χ2n) is 5.70. The largest absolute Gasteiger partial charge is 0.496 e. The van der Waals surface area contributed by atoms with E-state index in [9.17, 15) is 4.79 Å². The van der Waals surface area contributed by atoms with E-state index in [-0.39, 0.29) is 5.91 Å². The van der Waals surface area contributed by atoms with Crippen LogP contribution in [0.3, 0.4) is 0 Å². The molecule has 26 heavy (non-hydrogen) atoms. The first-order valence-electron chi connectivity index (χ1n) is 8.22. The van der Waals surface area contributed by atoms with Crippen LogP contribution in [-0.2, 0) is 6.42 Å².